The van der Waals surface area contributed by atoms with Crippen LogP contribution in [0.3, 0.4) is 0 Å². The number of aromatic hydroxyl groups is 1. The van der Waals surface area contributed by atoms with Crippen molar-refractivity contribution in [3.05, 3.63) is 96.6 Å². The van der Waals surface area contributed by atoms with Gasteiger partial charge in [0.25, 0.3) is 5.56 Å². The molecule has 0 aliphatic carbocycles. The maximum atomic E-state index is 13.0. The highest BCUT2D eigenvalue weighted by atomic mass is 35.5. The molecule has 1 aliphatic rings. The largest absolute Gasteiger partial charge is 0.494 e. The van der Waals surface area contributed by atoms with Gasteiger partial charge in [-0.3, -0.25) is 19.3 Å². The van der Waals surface area contributed by atoms with E-state index >= 15 is 0 Å². The van der Waals surface area contributed by atoms with Crippen molar-refractivity contribution in [3.8, 4) is 5.88 Å². The van der Waals surface area contributed by atoms with Crippen LogP contribution in [-0.2, 0) is 20.6 Å². The lowest BCUT2D eigenvalue weighted by atomic mass is 9.99. The van der Waals surface area contributed by atoms with E-state index in [-0.39, 0.29) is 11.4 Å². The van der Waals surface area contributed by atoms with Crippen LogP contribution in [-0.4, -0.2) is 25.0 Å². The van der Waals surface area contributed by atoms with E-state index in [0.29, 0.717) is 17.1 Å². The molecule has 0 radical (unpaired) electrons. The molecule has 0 fully saturated rings. The van der Waals surface area contributed by atoms with E-state index in [9.17, 15) is 14.7 Å². The number of halogens is 1. The molecule has 2 N–H and O–H groups in total. The van der Waals surface area contributed by atoms with Crippen molar-refractivity contribution in [2.75, 3.05) is 0 Å². The van der Waals surface area contributed by atoms with Gasteiger partial charge < -0.3 is 10.0 Å². The maximum Gasteiger partial charge on any atom is 0.333 e. The van der Waals surface area contributed by atoms with Gasteiger partial charge in [-0.2, -0.15) is 0 Å². The first kappa shape index (κ1) is 19.0. The first-order chi connectivity index (χ1) is 13.8. The lowest BCUT2D eigenvalue weighted by Gasteiger charge is -2.28. The molecule has 0 spiro atoms. The lowest BCUT2D eigenvalue weighted by molar-refractivity contribution is 0.333. The van der Waals surface area contributed by atoms with Crippen molar-refractivity contribution in [3.63, 3.8) is 0 Å². The Morgan fingerprint density at radius 2 is 1.69 bits per heavy atom. The SMILES string of the molecule is Cn1c(O)c(C2c3ccccc3C(=N)N2Cc2ccc(Cl)cc2)c(=O)n(C)c1=O. The number of benzene rings is 2. The van der Waals surface area contributed by atoms with Crippen LogP contribution < -0.4 is 11.2 Å². The lowest BCUT2D eigenvalue weighted by Crippen LogP contribution is -2.41. The van der Waals surface area contributed by atoms with Crippen molar-refractivity contribution >= 4 is 17.4 Å². The molecule has 8 heteroatoms. The van der Waals surface area contributed by atoms with Crippen LogP contribution in [0, 0.1) is 5.41 Å². The van der Waals surface area contributed by atoms with Crippen molar-refractivity contribution < 1.29 is 5.11 Å². The molecular formula is C21H19ClN4O3. The standard InChI is InChI=1S/C21H19ClN4O3/c1-24-19(27)16(20(28)25(2)21(24)29)17-14-5-3-4-6-15(14)18(23)26(17)11-12-7-9-13(22)10-8-12/h3-10,17,23,27H,11H2,1-2H3. The van der Waals surface area contributed by atoms with Crippen molar-refractivity contribution in [1.29, 1.82) is 5.41 Å². The summed E-state index contributed by atoms with van der Waals surface area (Å²) >= 11 is 5.98. The summed E-state index contributed by atoms with van der Waals surface area (Å²) in [5.41, 5.74) is 1.19. The van der Waals surface area contributed by atoms with Gasteiger partial charge in [-0.1, -0.05) is 48.0 Å². The molecule has 1 unspecified atom stereocenters. The van der Waals surface area contributed by atoms with Crippen LogP contribution in [0.25, 0.3) is 0 Å². The number of fused-ring (bicyclic) bond motifs is 1. The zero-order valence-electron chi connectivity index (χ0n) is 15.9. The fourth-order valence-corrected chi connectivity index (χ4v) is 3.90. The Labute approximate surface area is 171 Å². The average Bonchev–Trinajstić information content (AvgIpc) is 2.99. The maximum absolute atomic E-state index is 13.0. The van der Waals surface area contributed by atoms with Crippen LogP contribution in [0.1, 0.15) is 28.3 Å². The first-order valence-electron chi connectivity index (χ1n) is 8.99. The smallest absolute Gasteiger partial charge is 0.333 e. The number of amidine groups is 1. The molecule has 1 aromatic heterocycles. The zero-order chi connectivity index (χ0) is 20.9. The summed E-state index contributed by atoms with van der Waals surface area (Å²) in [5.74, 6) is -0.149. The fourth-order valence-electron chi connectivity index (χ4n) is 3.77. The van der Waals surface area contributed by atoms with Gasteiger partial charge in [-0.25, -0.2) is 4.79 Å². The summed E-state index contributed by atoms with van der Waals surface area (Å²) in [6.07, 6.45) is 0. The Bertz CT molecular complexity index is 1240. The highest BCUT2D eigenvalue weighted by Crippen LogP contribution is 2.40. The van der Waals surface area contributed by atoms with Crippen LogP contribution in [0.5, 0.6) is 5.88 Å². The van der Waals surface area contributed by atoms with Gasteiger partial charge in [-0.05, 0) is 23.3 Å². The number of aromatic nitrogens is 2. The molecule has 1 atom stereocenters. The number of nitrogens with one attached hydrogen (secondary N) is 1. The number of hydrogen-bond donors (Lipinski definition) is 2. The summed E-state index contributed by atoms with van der Waals surface area (Å²) in [6.45, 7) is 0.334. The van der Waals surface area contributed by atoms with Crippen molar-refractivity contribution in [1.82, 2.24) is 14.0 Å². The Hall–Kier alpha value is -3.32. The predicted molar refractivity (Wildman–Crippen MR) is 111 cm³/mol. The van der Waals surface area contributed by atoms with Crippen LogP contribution in [0.15, 0.2) is 58.1 Å². The second-order valence-electron chi connectivity index (χ2n) is 7.04. The summed E-state index contributed by atoms with van der Waals surface area (Å²) in [4.78, 5) is 26.9. The van der Waals surface area contributed by atoms with E-state index in [2.05, 4.69) is 0 Å². The van der Waals surface area contributed by atoms with E-state index in [1.165, 1.54) is 14.1 Å². The molecule has 2 aromatic carbocycles. The first-order valence-corrected chi connectivity index (χ1v) is 9.37. The van der Waals surface area contributed by atoms with Crippen molar-refractivity contribution in [2.45, 2.75) is 12.6 Å². The Kier molecular flexibility index (Phi) is 4.55. The Morgan fingerprint density at radius 3 is 2.38 bits per heavy atom. The van der Waals surface area contributed by atoms with Gasteiger partial charge in [0.05, 0.1) is 6.04 Å². The van der Waals surface area contributed by atoms with Gasteiger partial charge in [0.2, 0.25) is 5.88 Å². The number of rotatable bonds is 3. The molecule has 1 aliphatic heterocycles. The number of nitrogens with zero attached hydrogens (tertiary/aromatic N) is 3. The summed E-state index contributed by atoms with van der Waals surface area (Å²) in [7, 11) is 2.79. The van der Waals surface area contributed by atoms with E-state index in [1.54, 1.807) is 17.0 Å². The monoisotopic (exact) mass is 410 g/mol. The van der Waals surface area contributed by atoms with Gasteiger partial charge in [0.1, 0.15) is 11.4 Å². The van der Waals surface area contributed by atoms with Crippen molar-refractivity contribution in [2.24, 2.45) is 14.1 Å². The zero-order valence-corrected chi connectivity index (χ0v) is 16.6. The Morgan fingerprint density at radius 1 is 1.03 bits per heavy atom. The quantitative estimate of drug-likeness (QED) is 0.693. The van der Waals surface area contributed by atoms with Crippen LogP contribution >= 0.6 is 11.6 Å². The van der Waals surface area contributed by atoms with Crippen LogP contribution in [0.4, 0.5) is 0 Å². The number of hydrogen-bond acceptors (Lipinski definition) is 4. The summed E-state index contributed by atoms with van der Waals surface area (Å²) in [5, 5.41) is 20.0. The summed E-state index contributed by atoms with van der Waals surface area (Å²) < 4.78 is 2.02. The molecular weight excluding hydrogens is 392 g/mol. The van der Waals surface area contributed by atoms with Gasteiger partial charge in [0, 0.05) is 31.2 Å². The molecule has 148 valence electrons. The van der Waals surface area contributed by atoms with Gasteiger partial charge >= 0.3 is 5.69 Å². The van der Waals surface area contributed by atoms with Gasteiger partial charge in [0.15, 0.2) is 0 Å². The summed E-state index contributed by atoms with van der Waals surface area (Å²) in [6, 6.07) is 13.9. The molecule has 3 aromatic rings. The van der Waals surface area contributed by atoms with Gasteiger partial charge in [-0.15, -0.1) is 0 Å². The molecule has 4 rings (SSSR count). The van der Waals surface area contributed by atoms with E-state index < -0.39 is 23.2 Å². The third kappa shape index (κ3) is 2.94. The molecule has 0 saturated heterocycles. The second kappa shape index (κ2) is 6.93. The topological polar surface area (TPSA) is 91.3 Å². The minimum Gasteiger partial charge on any atom is -0.494 e. The van der Waals surface area contributed by atoms with E-state index in [1.807, 2.05) is 36.4 Å². The minimum atomic E-state index is -0.695. The second-order valence-corrected chi connectivity index (χ2v) is 7.47. The third-order valence-electron chi connectivity index (χ3n) is 5.32. The predicted octanol–water partition coefficient (Wildman–Crippen LogP) is 2.37. The minimum absolute atomic E-state index is 0.0678. The van der Waals surface area contributed by atoms with E-state index in [4.69, 9.17) is 17.0 Å². The highest BCUT2D eigenvalue weighted by Gasteiger charge is 2.39. The molecule has 0 amide bonds. The molecule has 0 saturated carbocycles. The molecule has 7 nitrogen and oxygen atoms in total. The fraction of sp³-hybridized carbons (Fsp3) is 0.190. The van der Waals surface area contributed by atoms with E-state index in [0.717, 1.165) is 20.3 Å². The highest BCUT2D eigenvalue weighted by molar-refractivity contribution is 6.30. The molecule has 0 bridgehead atoms. The normalized spacial score (nSPS) is 15.6. The molecule has 2 heterocycles. The third-order valence-corrected chi connectivity index (χ3v) is 5.57. The molecule has 29 heavy (non-hydrogen) atoms. The average molecular weight is 411 g/mol. The van der Waals surface area contributed by atoms with Crippen LogP contribution in [0.2, 0.25) is 5.02 Å². The Balaban J connectivity index is 1.93.